The van der Waals surface area contributed by atoms with Gasteiger partial charge in [0.15, 0.2) is 11.5 Å². The molecule has 0 saturated heterocycles. The fourth-order valence-electron chi connectivity index (χ4n) is 2.54. The fraction of sp³-hybridized carbons (Fsp3) is 0.211. The van der Waals surface area contributed by atoms with Crippen LogP contribution in [0.4, 0.5) is 0 Å². The van der Waals surface area contributed by atoms with Crippen LogP contribution in [-0.4, -0.2) is 28.7 Å². The summed E-state index contributed by atoms with van der Waals surface area (Å²) >= 11 is 0. The Hall–Kier alpha value is -2.98. The molecule has 1 aliphatic heterocycles. The molecule has 0 atom stereocenters. The molecular weight excluding hydrogens is 354 g/mol. The molecule has 1 aliphatic rings. The molecule has 7 heteroatoms. The van der Waals surface area contributed by atoms with Gasteiger partial charge in [-0.05, 0) is 42.8 Å². The van der Waals surface area contributed by atoms with E-state index in [4.69, 9.17) is 14.2 Å². The molecule has 0 radical (unpaired) electrons. The van der Waals surface area contributed by atoms with Crippen LogP contribution in [-0.2, 0) is 9.84 Å². The van der Waals surface area contributed by atoms with Crippen LogP contribution in [0.25, 0.3) is 6.08 Å². The predicted molar refractivity (Wildman–Crippen MR) is 95.9 cm³/mol. The largest absolute Gasteiger partial charge is 0.493 e. The van der Waals surface area contributed by atoms with Crippen LogP contribution in [0.3, 0.4) is 0 Å². The fourth-order valence-corrected chi connectivity index (χ4v) is 3.70. The van der Waals surface area contributed by atoms with Gasteiger partial charge in [-0.2, -0.15) is 5.26 Å². The average molecular weight is 371 g/mol. The van der Waals surface area contributed by atoms with Crippen molar-refractivity contribution < 1.29 is 22.6 Å². The number of sulfone groups is 1. The van der Waals surface area contributed by atoms with Gasteiger partial charge in [0, 0.05) is 0 Å². The first kappa shape index (κ1) is 17.8. The number of hydrogen-bond acceptors (Lipinski definition) is 6. The number of hydrogen-bond donors (Lipinski definition) is 0. The summed E-state index contributed by atoms with van der Waals surface area (Å²) in [6, 6.07) is 11.4. The van der Waals surface area contributed by atoms with Crippen molar-refractivity contribution in [1.82, 2.24) is 0 Å². The lowest BCUT2D eigenvalue weighted by Gasteiger charge is -2.21. The summed E-state index contributed by atoms with van der Waals surface area (Å²) in [7, 11) is -2.44. The molecule has 3 rings (SSSR count). The third kappa shape index (κ3) is 3.37. The van der Waals surface area contributed by atoms with Crippen molar-refractivity contribution in [3.63, 3.8) is 0 Å². The van der Waals surface area contributed by atoms with Crippen LogP contribution in [0, 0.1) is 18.3 Å². The Labute approximate surface area is 152 Å². The number of aryl methyl sites for hydroxylation is 1. The van der Waals surface area contributed by atoms with Crippen LogP contribution in [0.5, 0.6) is 17.2 Å². The normalized spacial score (nSPS) is 13.8. The molecule has 0 bridgehead atoms. The second-order valence-electron chi connectivity index (χ2n) is 5.68. The van der Waals surface area contributed by atoms with E-state index < -0.39 is 9.84 Å². The number of allylic oxidation sites excluding steroid dienone is 1. The highest BCUT2D eigenvalue weighted by atomic mass is 32.2. The first-order valence-electron chi connectivity index (χ1n) is 7.87. The van der Waals surface area contributed by atoms with E-state index in [0.29, 0.717) is 36.0 Å². The number of fused-ring (bicyclic) bond motifs is 1. The summed E-state index contributed by atoms with van der Waals surface area (Å²) in [6.45, 7) is 2.65. The van der Waals surface area contributed by atoms with Gasteiger partial charge in [0.25, 0.3) is 0 Å². The Morgan fingerprint density at radius 2 is 1.88 bits per heavy atom. The number of ether oxygens (including phenoxy) is 3. The lowest BCUT2D eigenvalue weighted by molar-refractivity contribution is 0.165. The summed E-state index contributed by atoms with van der Waals surface area (Å²) in [5.41, 5.74) is 1.40. The number of nitrogens with zero attached hydrogens (tertiary/aromatic N) is 1. The maximum Gasteiger partial charge on any atom is 0.216 e. The molecule has 0 saturated carbocycles. The Balaban J connectivity index is 2.07. The Kier molecular flexibility index (Phi) is 4.87. The van der Waals surface area contributed by atoms with Crippen LogP contribution < -0.4 is 14.2 Å². The van der Waals surface area contributed by atoms with Gasteiger partial charge in [-0.25, -0.2) is 8.42 Å². The molecule has 26 heavy (non-hydrogen) atoms. The molecule has 134 valence electrons. The molecule has 0 fully saturated rings. The van der Waals surface area contributed by atoms with Crippen molar-refractivity contribution in [1.29, 1.82) is 5.26 Å². The van der Waals surface area contributed by atoms with E-state index in [9.17, 15) is 13.7 Å². The second kappa shape index (κ2) is 7.10. The maximum atomic E-state index is 12.7. The van der Waals surface area contributed by atoms with Gasteiger partial charge >= 0.3 is 0 Å². The molecule has 1 heterocycles. The minimum absolute atomic E-state index is 0.0698. The van der Waals surface area contributed by atoms with E-state index in [-0.39, 0.29) is 9.80 Å². The van der Waals surface area contributed by atoms with Crippen LogP contribution in [0.1, 0.15) is 11.1 Å². The summed E-state index contributed by atoms with van der Waals surface area (Å²) in [5.74, 6) is 1.33. The monoisotopic (exact) mass is 371 g/mol. The molecule has 0 spiro atoms. The summed E-state index contributed by atoms with van der Waals surface area (Å²) in [5, 5.41) is 9.42. The van der Waals surface area contributed by atoms with E-state index in [2.05, 4.69) is 0 Å². The standard InChI is InChI=1S/C19H17NO5S/c1-13-3-5-15(6-4-13)26(21,22)16(12-20)9-14-10-17(23-2)19-18(11-14)24-7-8-25-19/h3-6,9-11H,7-8H2,1-2H3/b16-9+. The van der Waals surface area contributed by atoms with Gasteiger partial charge < -0.3 is 14.2 Å². The number of benzene rings is 2. The molecule has 6 nitrogen and oxygen atoms in total. The van der Waals surface area contributed by atoms with Gasteiger partial charge in [0.05, 0.1) is 12.0 Å². The zero-order valence-electron chi connectivity index (χ0n) is 14.4. The third-order valence-corrected chi connectivity index (χ3v) is 5.56. The highest BCUT2D eigenvalue weighted by Gasteiger charge is 2.22. The van der Waals surface area contributed by atoms with Crippen molar-refractivity contribution in [2.45, 2.75) is 11.8 Å². The second-order valence-corrected chi connectivity index (χ2v) is 7.60. The predicted octanol–water partition coefficient (Wildman–Crippen LogP) is 3.11. The van der Waals surface area contributed by atoms with E-state index in [1.807, 2.05) is 6.92 Å². The van der Waals surface area contributed by atoms with E-state index in [0.717, 1.165) is 5.56 Å². The number of methoxy groups -OCH3 is 1. The number of nitriles is 1. The van der Waals surface area contributed by atoms with Gasteiger partial charge in [-0.1, -0.05) is 17.7 Å². The lowest BCUT2D eigenvalue weighted by Crippen LogP contribution is -2.16. The van der Waals surface area contributed by atoms with Gasteiger partial charge in [0.1, 0.15) is 24.2 Å². The Morgan fingerprint density at radius 3 is 2.54 bits per heavy atom. The van der Waals surface area contributed by atoms with Crippen molar-refractivity contribution in [2.75, 3.05) is 20.3 Å². The van der Waals surface area contributed by atoms with Crippen LogP contribution in [0.15, 0.2) is 46.2 Å². The summed E-state index contributed by atoms with van der Waals surface area (Å²) in [6.07, 6.45) is 1.30. The molecule has 0 amide bonds. The van der Waals surface area contributed by atoms with Crippen molar-refractivity contribution >= 4 is 15.9 Å². The topological polar surface area (TPSA) is 85.6 Å². The van der Waals surface area contributed by atoms with Crippen molar-refractivity contribution in [2.24, 2.45) is 0 Å². The highest BCUT2D eigenvalue weighted by Crippen LogP contribution is 2.41. The van der Waals surface area contributed by atoms with E-state index >= 15 is 0 Å². The SMILES string of the molecule is COc1cc(/C=C(\C#N)S(=O)(=O)c2ccc(C)cc2)cc2c1OCCO2. The van der Waals surface area contributed by atoms with Gasteiger partial charge in [0.2, 0.25) is 15.6 Å². The van der Waals surface area contributed by atoms with E-state index in [1.54, 1.807) is 30.3 Å². The minimum Gasteiger partial charge on any atom is -0.493 e. The third-order valence-electron chi connectivity index (χ3n) is 3.88. The lowest BCUT2D eigenvalue weighted by atomic mass is 10.1. The van der Waals surface area contributed by atoms with Crippen molar-refractivity contribution in [3.05, 3.63) is 52.4 Å². The van der Waals surface area contributed by atoms with Gasteiger partial charge in [-0.3, -0.25) is 0 Å². The van der Waals surface area contributed by atoms with E-state index in [1.165, 1.54) is 25.3 Å². The summed E-state index contributed by atoms with van der Waals surface area (Å²) < 4.78 is 41.8. The first-order chi connectivity index (χ1) is 12.5. The molecule has 0 aromatic heterocycles. The Bertz CT molecular complexity index is 984. The average Bonchev–Trinajstić information content (AvgIpc) is 2.65. The van der Waals surface area contributed by atoms with Crippen LogP contribution >= 0.6 is 0 Å². The maximum absolute atomic E-state index is 12.7. The zero-order chi connectivity index (χ0) is 18.7. The molecule has 2 aromatic carbocycles. The molecule has 2 aromatic rings. The molecule has 0 unspecified atom stereocenters. The highest BCUT2D eigenvalue weighted by molar-refractivity contribution is 7.95. The van der Waals surface area contributed by atoms with Crippen molar-refractivity contribution in [3.8, 4) is 23.3 Å². The molecule has 0 N–H and O–H groups in total. The molecular formula is C19H17NO5S. The van der Waals surface area contributed by atoms with Crippen LogP contribution in [0.2, 0.25) is 0 Å². The summed E-state index contributed by atoms with van der Waals surface area (Å²) in [4.78, 5) is -0.291. The quantitative estimate of drug-likeness (QED) is 0.768. The smallest absolute Gasteiger partial charge is 0.216 e. The van der Waals surface area contributed by atoms with Gasteiger partial charge in [-0.15, -0.1) is 0 Å². The molecule has 0 aliphatic carbocycles. The zero-order valence-corrected chi connectivity index (χ0v) is 15.2. The first-order valence-corrected chi connectivity index (χ1v) is 9.35. The number of rotatable bonds is 4. The minimum atomic E-state index is -3.92. The Morgan fingerprint density at radius 1 is 1.19 bits per heavy atom.